The van der Waals surface area contributed by atoms with Gasteiger partial charge in [-0.15, -0.1) is 0 Å². The third-order valence-electron chi connectivity index (χ3n) is 10.6. The number of carbonyl (C=O) groups is 2. The fourth-order valence-corrected chi connectivity index (χ4v) is 5.18. The van der Waals surface area contributed by atoms with Gasteiger partial charge in [-0.25, -0.2) is 0 Å². The SMILES string of the molecule is C1CCCC1.CCC(C)(C)C(=O)OCC1CCCC1.CCC(C)(C)C(=O)Oc1ccc(CO)cc1.CCC(C)c1ccc(C(C)(O)C(F)(F)F)cc1.[CH3-].[CH3-].[Fe+2]. The molecule has 318 valence electrons. The fourth-order valence-electron chi connectivity index (χ4n) is 5.18. The summed E-state index contributed by atoms with van der Waals surface area (Å²) >= 11 is 0. The van der Waals surface area contributed by atoms with Crippen LogP contribution in [0.25, 0.3) is 0 Å². The molecule has 0 radical (unpaired) electrons. The summed E-state index contributed by atoms with van der Waals surface area (Å²) in [5.41, 5.74) is -1.91. The van der Waals surface area contributed by atoms with Crippen LogP contribution in [0.1, 0.15) is 162 Å². The first-order chi connectivity index (χ1) is 24.2. The molecule has 2 aromatic carbocycles. The van der Waals surface area contributed by atoms with Crippen molar-refractivity contribution >= 4 is 11.9 Å². The first kappa shape index (κ1) is 56.9. The Kier molecular flexibility index (Phi) is 28.2. The Hall–Kier alpha value is -2.39. The number of hydrogen-bond acceptors (Lipinski definition) is 6. The zero-order valence-electron chi connectivity index (χ0n) is 35.7. The summed E-state index contributed by atoms with van der Waals surface area (Å²) in [7, 11) is 0. The number of halogens is 3. The van der Waals surface area contributed by atoms with Crippen molar-refractivity contribution in [2.75, 3.05) is 6.61 Å². The van der Waals surface area contributed by atoms with E-state index in [0.29, 0.717) is 24.2 Å². The van der Waals surface area contributed by atoms with E-state index in [2.05, 4.69) is 0 Å². The van der Waals surface area contributed by atoms with E-state index in [-0.39, 0.29) is 61.4 Å². The predicted molar refractivity (Wildman–Crippen MR) is 216 cm³/mol. The van der Waals surface area contributed by atoms with E-state index >= 15 is 0 Å². The van der Waals surface area contributed by atoms with Crippen molar-refractivity contribution in [3.8, 4) is 5.75 Å². The van der Waals surface area contributed by atoms with Crippen molar-refractivity contribution in [2.45, 2.75) is 164 Å². The van der Waals surface area contributed by atoms with Crippen LogP contribution in [0.4, 0.5) is 13.2 Å². The molecular formula is C45H73F3FeO6. The Morgan fingerprint density at radius 3 is 1.56 bits per heavy atom. The molecule has 10 heteroatoms. The van der Waals surface area contributed by atoms with Crippen LogP contribution in [-0.4, -0.2) is 34.9 Å². The molecule has 2 unspecified atom stereocenters. The Balaban J connectivity index is -0.000000676. The Morgan fingerprint density at radius 2 is 1.18 bits per heavy atom. The molecule has 0 heterocycles. The molecule has 2 aliphatic carbocycles. The van der Waals surface area contributed by atoms with Gasteiger partial charge in [-0.05, 0) is 107 Å². The van der Waals surface area contributed by atoms with Gasteiger partial charge in [0.1, 0.15) is 5.75 Å². The number of aliphatic hydroxyl groups excluding tert-OH is 1. The molecule has 6 nitrogen and oxygen atoms in total. The molecule has 0 saturated heterocycles. The van der Waals surface area contributed by atoms with E-state index in [9.17, 15) is 27.9 Å². The number of hydrogen-bond donors (Lipinski definition) is 2. The average molecular weight is 823 g/mol. The van der Waals surface area contributed by atoms with Gasteiger partial charge < -0.3 is 34.5 Å². The van der Waals surface area contributed by atoms with E-state index < -0.39 is 17.2 Å². The van der Waals surface area contributed by atoms with E-state index in [4.69, 9.17) is 14.6 Å². The average Bonchev–Trinajstić information content (AvgIpc) is 3.89. The molecule has 0 aliphatic heterocycles. The van der Waals surface area contributed by atoms with E-state index in [1.807, 2.05) is 55.4 Å². The van der Waals surface area contributed by atoms with Gasteiger partial charge in [0.2, 0.25) is 0 Å². The van der Waals surface area contributed by atoms with Gasteiger partial charge in [-0.3, -0.25) is 9.59 Å². The van der Waals surface area contributed by atoms with Crippen LogP contribution in [0, 0.1) is 31.6 Å². The number of benzene rings is 2. The maximum Gasteiger partial charge on any atom is 2.00 e. The van der Waals surface area contributed by atoms with Gasteiger partial charge in [0.15, 0.2) is 5.60 Å². The molecule has 4 rings (SSSR count). The molecule has 2 N–H and O–H groups in total. The first-order valence-electron chi connectivity index (χ1n) is 19.2. The van der Waals surface area contributed by atoms with Crippen LogP contribution in [0.5, 0.6) is 5.75 Å². The summed E-state index contributed by atoms with van der Waals surface area (Å²) < 4.78 is 48.4. The topological polar surface area (TPSA) is 93.1 Å². The largest absolute Gasteiger partial charge is 2.00 e. The third kappa shape index (κ3) is 20.0. The monoisotopic (exact) mass is 822 g/mol. The number of aliphatic hydroxyl groups is 2. The van der Waals surface area contributed by atoms with Gasteiger partial charge in [-0.2, -0.15) is 13.2 Å². The zero-order chi connectivity index (χ0) is 39.6. The molecule has 2 atom stereocenters. The number of carbonyl (C=O) groups excluding carboxylic acids is 2. The van der Waals surface area contributed by atoms with Crippen LogP contribution in [0.3, 0.4) is 0 Å². The predicted octanol–water partition coefficient (Wildman–Crippen LogP) is 12.5. The van der Waals surface area contributed by atoms with Crippen molar-refractivity contribution in [3.05, 3.63) is 80.1 Å². The summed E-state index contributed by atoms with van der Waals surface area (Å²) in [4.78, 5) is 23.4. The van der Waals surface area contributed by atoms with Gasteiger partial charge in [0.25, 0.3) is 0 Å². The van der Waals surface area contributed by atoms with E-state index in [0.717, 1.165) is 37.3 Å². The van der Waals surface area contributed by atoms with Crippen molar-refractivity contribution in [1.29, 1.82) is 0 Å². The van der Waals surface area contributed by atoms with Crippen molar-refractivity contribution < 1.29 is 59.5 Å². The zero-order valence-corrected chi connectivity index (χ0v) is 36.8. The van der Waals surface area contributed by atoms with Crippen LogP contribution < -0.4 is 4.74 Å². The Labute approximate surface area is 343 Å². The number of rotatable bonds is 11. The Bertz CT molecular complexity index is 1290. The van der Waals surface area contributed by atoms with Gasteiger partial charge >= 0.3 is 35.2 Å². The summed E-state index contributed by atoms with van der Waals surface area (Å²) in [6, 6.07) is 12.8. The van der Waals surface area contributed by atoms with Gasteiger partial charge in [0, 0.05) is 0 Å². The second kappa shape index (κ2) is 27.3. The number of ether oxygens (including phenoxy) is 2. The van der Waals surface area contributed by atoms with Gasteiger partial charge in [0.05, 0.1) is 24.0 Å². The van der Waals surface area contributed by atoms with Crippen molar-refractivity contribution in [2.24, 2.45) is 16.7 Å². The quantitative estimate of drug-likeness (QED) is 0.101. The molecule has 2 aromatic rings. The second-order valence-corrected chi connectivity index (χ2v) is 15.7. The molecule has 0 aromatic heterocycles. The fraction of sp³-hybridized carbons (Fsp3) is 0.644. The van der Waals surface area contributed by atoms with Crippen LogP contribution >= 0.6 is 0 Å². The number of esters is 2. The normalized spacial score (nSPS) is 15.6. The van der Waals surface area contributed by atoms with Crippen LogP contribution in [-0.2, 0) is 43.6 Å². The molecule has 0 amide bonds. The van der Waals surface area contributed by atoms with Crippen LogP contribution in [0.15, 0.2) is 48.5 Å². The third-order valence-corrected chi connectivity index (χ3v) is 10.6. The minimum atomic E-state index is -4.66. The molecule has 0 bridgehead atoms. The minimum Gasteiger partial charge on any atom is -0.465 e. The summed E-state index contributed by atoms with van der Waals surface area (Å²) in [5, 5.41) is 18.4. The molecule has 2 saturated carbocycles. The second-order valence-electron chi connectivity index (χ2n) is 15.7. The standard InChI is InChI=1S/C13H17F3O.C13H18O3.C12H22O2.C5H10.2CH3.Fe/c1-4-9(2)10-5-7-11(8-6-10)12(3,17)13(14,15)16;1-4-13(2,3)12(15)16-11-7-5-10(9-14)6-8-11;1-4-12(2,3)11(13)14-9-10-7-5-6-8-10;1-2-4-5-3-1;;;/h5-9,17H,4H2,1-3H3;5-8,14H,4,9H2,1-3H3;10H,4-9H2,1-3H3;1-5H2;2*1H3;/q;;;;2*-1;+2. The minimum absolute atomic E-state index is 0. The smallest absolute Gasteiger partial charge is 0.465 e. The summed E-state index contributed by atoms with van der Waals surface area (Å²) in [5.74, 6) is 1.19. The maximum atomic E-state index is 12.6. The van der Waals surface area contributed by atoms with Crippen molar-refractivity contribution in [1.82, 2.24) is 0 Å². The molecule has 2 aliphatic rings. The van der Waals surface area contributed by atoms with E-state index in [1.54, 1.807) is 36.4 Å². The van der Waals surface area contributed by atoms with Crippen LogP contribution in [0.2, 0.25) is 0 Å². The summed E-state index contributed by atoms with van der Waals surface area (Å²) in [6.07, 6.45) is 10.4. The molecular weight excluding hydrogens is 749 g/mol. The number of alkyl halides is 3. The van der Waals surface area contributed by atoms with Gasteiger partial charge in [-0.1, -0.05) is 109 Å². The molecule has 2 fully saturated rings. The van der Waals surface area contributed by atoms with Crippen molar-refractivity contribution in [3.63, 3.8) is 0 Å². The molecule has 0 spiro atoms. The first-order valence-corrected chi connectivity index (χ1v) is 19.2. The van der Waals surface area contributed by atoms with E-state index in [1.165, 1.54) is 69.9 Å². The summed E-state index contributed by atoms with van der Waals surface area (Å²) in [6.45, 7) is 17.0. The molecule has 55 heavy (non-hydrogen) atoms. The maximum absolute atomic E-state index is 12.6. The Morgan fingerprint density at radius 1 is 0.745 bits per heavy atom.